The zero-order chi connectivity index (χ0) is 14.0. The summed E-state index contributed by atoms with van der Waals surface area (Å²) in [5, 5.41) is 9.19. The Labute approximate surface area is 114 Å². The maximum Gasteiger partial charge on any atom is 0.143 e. The first-order valence-corrected chi connectivity index (χ1v) is 6.51. The molecule has 3 nitrogen and oxygen atoms in total. The normalized spacial score (nSPS) is 10.5. The summed E-state index contributed by atoms with van der Waals surface area (Å²) in [4.78, 5) is 4.48. The molecule has 0 radical (unpaired) electrons. The lowest BCUT2D eigenvalue weighted by atomic mass is 10.0. The van der Waals surface area contributed by atoms with E-state index >= 15 is 0 Å². The van der Waals surface area contributed by atoms with E-state index in [-0.39, 0.29) is 0 Å². The fourth-order valence-electron chi connectivity index (χ4n) is 2.37. The molecule has 1 aromatic heterocycles. The molecule has 0 N–H and O–H groups in total. The van der Waals surface area contributed by atoms with Gasteiger partial charge < -0.3 is 4.57 Å². The lowest BCUT2D eigenvalue weighted by Gasteiger charge is -2.06. The average Bonchev–Trinajstić information content (AvgIpc) is 2.63. The summed E-state index contributed by atoms with van der Waals surface area (Å²) in [5.41, 5.74) is 5.52. The number of aryl methyl sites for hydroxylation is 5. The zero-order valence-corrected chi connectivity index (χ0v) is 12.0. The Balaban J connectivity index is 2.19. The molecule has 0 atom stereocenters. The van der Waals surface area contributed by atoms with Crippen molar-refractivity contribution in [1.29, 1.82) is 5.26 Å². The van der Waals surface area contributed by atoms with Gasteiger partial charge in [-0.05, 0) is 44.7 Å². The summed E-state index contributed by atoms with van der Waals surface area (Å²) >= 11 is 0. The van der Waals surface area contributed by atoms with Crippen LogP contribution >= 0.6 is 0 Å². The van der Waals surface area contributed by atoms with Gasteiger partial charge in [-0.2, -0.15) is 5.26 Å². The van der Waals surface area contributed by atoms with E-state index in [4.69, 9.17) is 0 Å². The van der Waals surface area contributed by atoms with Crippen LogP contribution in [-0.4, -0.2) is 9.55 Å². The Morgan fingerprint density at radius 3 is 2.58 bits per heavy atom. The number of nitriles is 1. The predicted octanol–water partition coefficient (Wildman–Crippen LogP) is 3.00. The second-order valence-electron chi connectivity index (χ2n) is 5.06. The standard InChI is InChI=1S/C16H19N3/c1-11-5-6-14(12(2)9-11)7-8-15-16(10-17)19(4)13(3)18-15/h5-6,9H,7-8H2,1-4H3. The summed E-state index contributed by atoms with van der Waals surface area (Å²) in [5.74, 6) is 0.896. The lowest BCUT2D eigenvalue weighted by molar-refractivity contribution is 0.844. The first kappa shape index (κ1) is 13.4. The largest absolute Gasteiger partial charge is 0.323 e. The van der Waals surface area contributed by atoms with Crippen LogP contribution in [0.1, 0.15) is 33.9 Å². The third kappa shape index (κ3) is 2.68. The van der Waals surface area contributed by atoms with Gasteiger partial charge in [0.15, 0.2) is 0 Å². The minimum absolute atomic E-state index is 0.683. The van der Waals surface area contributed by atoms with E-state index < -0.39 is 0 Å². The van der Waals surface area contributed by atoms with Crippen LogP contribution in [0.15, 0.2) is 18.2 Å². The maximum absolute atomic E-state index is 9.19. The van der Waals surface area contributed by atoms with Crippen molar-refractivity contribution < 1.29 is 0 Å². The molecule has 0 aliphatic heterocycles. The second kappa shape index (κ2) is 5.27. The molecule has 0 unspecified atom stereocenters. The van der Waals surface area contributed by atoms with Gasteiger partial charge in [0.2, 0.25) is 0 Å². The van der Waals surface area contributed by atoms with Gasteiger partial charge in [0.1, 0.15) is 17.6 Å². The van der Waals surface area contributed by atoms with Gasteiger partial charge in [-0.3, -0.25) is 0 Å². The van der Waals surface area contributed by atoms with Crippen LogP contribution in [-0.2, 0) is 19.9 Å². The summed E-state index contributed by atoms with van der Waals surface area (Å²) in [7, 11) is 1.89. The number of hydrogen-bond acceptors (Lipinski definition) is 2. The van der Waals surface area contributed by atoms with Crippen molar-refractivity contribution in [2.24, 2.45) is 7.05 Å². The van der Waals surface area contributed by atoms with Crippen molar-refractivity contribution in [1.82, 2.24) is 9.55 Å². The molecule has 0 saturated heterocycles. The number of benzene rings is 1. The van der Waals surface area contributed by atoms with Crippen LogP contribution in [0.5, 0.6) is 0 Å². The summed E-state index contributed by atoms with van der Waals surface area (Å²) in [6.45, 7) is 6.17. The SMILES string of the molecule is Cc1ccc(CCc2nc(C)n(C)c2C#N)c(C)c1. The molecule has 0 aliphatic carbocycles. The van der Waals surface area contributed by atoms with E-state index in [2.05, 4.69) is 43.1 Å². The van der Waals surface area contributed by atoms with Crippen molar-refractivity contribution >= 4 is 0 Å². The first-order chi connectivity index (χ1) is 9.02. The van der Waals surface area contributed by atoms with E-state index in [1.807, 2.05) is 18.5 Å². The number of aromatic nitrogens is 2. The summed E-state index contributed by atoms with van der Waals surface area (Å²) in [6, 6.07) is 8.75. The van der Waals surface area contributed by atoms with Crippen LogP contribution in [0.25, 0.3) is 0 Å². The van der Waals surface area contributed by atoms with Crippen molar-refractivity contribution in [3.8, 4) is 6.07 Å². The Hall–Kier alpha value is -2.08. The predicted molar refractivity (Wildman–Crippen MR) is 76.0 cm³/mol. The number of hydrogen-bond donors (Lipinski definition) is 0. The molecule has 1 aromatic carbocycles. The van der Waals surface area contributed by atoms with Gasteiger partial charge in [-0.15, -0.1) is 0 Å². The maximum atomic E-state index is 9.19. The van der Waals surface area contributed by atoms with Gasteiger partial charge in [0.05, 0.1) is 5.69 Å². The van der Waals surface area contributed by atoms with Crippen molar-refractivity contribution in [2.75, 3.05) is 0 Å². The molecular formula is C16H19N3. The molecule has 2 rings (SSSR count). The van der Waals surface area contributed by atoms with Gasteiger partial charge in [0, 0.05) is 7.05 Å². The topological polar surface area (TPSA) is 41.6 Å². The highest BCUT2D eigenvalue weighted by molar-refractivity contribution is 5.33. The second-order valence-corrected chi connectivity index (χ2v) is 5.06. The summed E-state index contributed by atoms with van der Waals surface area (Å²) in [6.07, 6.45) is 1.74. The molecule has 3 heteroatoms. The quantitative estimate of drug-likeness (QED) is 0.843. The van der Waals surface area contributed by atoms with E-state index in [0.29, 0.717) is 5.69 Å². The number of rotatable bonds is 3. The van der Waals surface area contributed by atoms with Gasteiger partial charge >= 0.3 is 0 Å². The Kier molecular flexibility index (Phi) is 3.71. The fourth-order valence-corrected chi connectivity index (χ4v) is 2.37. The van der Waals surface area contributed by atoms with Crippen LogP contribution in [0, 0.1) is 32.1 Å². The molecule has 1 heterocycles. The Morgan fingerprint density at radius 2 is 1.95 bits per heavy atom. The van der Waals surface area contributed by atoms with Crippen molar-refractivity contribution in [2.45, 2.75) is 33.6 Å². The smallest absolute Gasteiger partial charge is 0.143 e. The van der Waals surface area contributed by atoms with E-state index in [1.165, 1.54) is 16.7 Å². The van der Waals surface area contributed by atoms with Crippen LogP contribution < -0.4 is 0 Å². The highest BCUT2D eigenvalue weighted by Crippen LogP contribution is 2.16. The molecule has 0 bridgehead atoms. The van der Waals surface area contributed by atoms with E-state index in [1.54, 1.807) is 0 Å². The highest BCUT2D eigenvalue weighted by atomic mass is 15.1. The van der Waals surface area contributed by atoms with Crippen LogP contribution in [0.3, 0.4) is 0 Å². The average molecular weight is 253 g/mol. The molecule has 98 valence electrons. The molecule has 0 aliphatic rings. The highest BCUT2D eigenvalue weighted by Gasteiger charge is 2.12. The molecule has 0 fully saturated rings. The number of nitrogens with zero attached hydrogens (tertiary/aromatic N) is 3. The third-order valence-electron chi connectivity index (χ3n) is 3.63. The molecule has 19 heavy (non-hydrogen) atoms. The fraction of sp³-hybridized carbons (Fsp3) is 0.375. The molecule has 0 amide bonds. The van der Waals surface area contributed by atoms with Crippen LogP contribution in [0.4, 0.5) is 0 Å². The van der Waals surface area contributed by atoms with Crippen LogP contribution in [0.2, 0.25) is 0 Å². The van der Waals surface area contributed by atoms with E-state index in [0.717, 1.165) is 24.4 Å². The Morgan fingerprint density at radius 1 is 1.21 bits per heavy atom. The minimum atomic E-state index is 0.683. The van der Waals surface area contributed by atoms with Gasteiger partial charge in [-0.25, -0.2) is 4.98 Å². The molecule has 2 aromatic rings. The molecular weight excluding hydrogens is 234 g/mol. The lowest BCUT2D eigenvalue weighted by Crippen LogP contribution is -1.99. The van der Waals surface area contributed by atoms with Crippen molar-refractivity contribution in [3.63, 3.8) is 0 Å². The van der Waals surface area contributed by atoms with Gasteiger partial charge in [0.25, 0.3) is 0 Å². The first-order valence-electron chi connectivity index (χ1n) is 6.51. The van der Waals surface area contributed by atoms with Gasteiger partial charge in [-0.1, -0.05) is 23.8 Å². The van der Waals surface area contributed by atoms with Crippen molar-refractivity contribution in [3.05, 3.63) is 52.1 Å². The third-order valence-corrected chi connectivity index (χ3v) is 3.63. The molecule has 0 spiro atoms. The monoisotopic (exact) mass is 253 g/mol. The minimum Gasteiger partial charge on any atom is -0.323 e. The van der Waals surface area contributed by atoms with E-state index in [9.17, 15) is 5.26 Å². The summed E-state index contributed by atoms with van der Waals surface area (Å²) < 4.78 is 1.86. The zero-order valence-electron chi connectivity index (χ0n) is 12.0. The Bertz CT molecular complexity index is 645. The number of imidazole rings is 1. The molecule has 0 saturated carbocycles.